The molecule has 0 aliphatic heterocycles. The van der Waals surface area contributed by atoms with E-state index in [1.807, 2.05) is 54.6 Å². The van der Waals surface area contributed by atoms with Crippen molar-refractivity contribution in [1.82, 2.24) is 5.43 Å². The van der Waals surface area contributed by atoms with Gasteiger partial charge in [-0.25, -0.2) is 5.43 Å². The van der Waals surface area contributed by atoms with Gasteiger partial charge in [0.2, 0.25) is 0 Å². The van der Waals surface area contributed by atoms with Crippen molar-refractivity contribution in [1.29, 1.82) is 0 Å². The highest BCUT2D eigenvalue weighted by Gasteiger charge is 2.09. The predicted octanol–water partition coefficient (Wildman–Crippen LogP) is 5.34. The van der Waals surface area contributed by atoms with Crippen molar-refractivity contribution in [3.63, 3.8) is 0 Å². The van der Waals surface area contributed by atoms with Crippen molar-refractivity contribution in [2.45, 2.75) is 6.61 Å². The van der Waals surface area contributed by atoms with Gasteiger partial charge in [0.05, 0.1) is 16.8 Å². The lowest BCUT2D eigenvalue weighted by atomic mass is 10.2. The Labute approximate surface area is 167 Å². The first-order chi connectivity index (χ1) is 13.1. The Morgan fingerprint density at radius 2 is 1.74 bits per heavy atom. The normalized spacial score (nSPS) is 10.7. The van der Waals surface area contributed by atoms with E-state index in [0.717, 1.165) is 16.9 Å². The van der Waals surface area contributed by atoms with Crippen LogP contribution >= 0.6 is 23.2 Å². The van der Waals surface area contributed by atoms with E-state index in [1.54, 1.807) is 18.3 Å². The van der Waals surface area contributed by atoms with Gasteiger partial charge in [-0.05, 0) is 53.6 Å². The largest absolute Gasteiger partial charge is 0.489 e. The van der Waals surface area contributed by atoms with E-state index in [9.17, 15) is 4.79 Å². The minimum absolute atomic E-state index is 0.273. The fraction of sp³-hybridized carbons (Fsp3) is 0.0476. The smallest absolute Gasteiger partial charge is 0.272 e. The number of nitrogens with one attached hydrogen (secondary N) is 1. The van der Waals surface area contributed by atoms with Crippen molar-refractivity contribution < 1.29 is 9.53 Å². The van der Waals surface area contributed by atoms with E-state index >= 15 is 0 Å². The summed E-state index contributed by atoms with van der Waals surface area (Å²) in [7, 11) is 0. The fourth-order valence-corrected chi connectivity index (χ4v) is 2.78. The maximum Gasteiger partial charge on any atom is 0.272 e. The molecule has 0 bridgehead atoms. The number of hydrogen-bond donors (Lipinski definition) is 1. The molecule has 0 aliphatic rings. The number of halogens is 2. The monoisotopic (exact) mass is 398 g/mol. The molecule has 0 fully saturated rings. The zero-order chi connectivity index (χ0) is 19.1. The molecule has 3 aromatic carbocycles. The summed E-state index contributed by atoms with van der Waals surface area (Å²) in [4.78, 5) is 12.1. The zero-order valence-electron chi connectivity index (χ0n) is 14.2. The van der Waals surface area contributed by atoms with Gasteiger partial charge in [0, 0.05) is 5.02 Å². The van der Waals surface area contributed by atoms with Crippen molar-refractivity contribution in [2.24, 2.45) is 5.10 Å². The van der Waals surface area contributed by atoms with Crippen molar-refractivity contribution in [2.75, 3.05) is 0 Å². The van der Waals surface area contributed by atoms with E-state index in [2.05, 4.69) is 10.5 Å². The van der Waals surface area contributed by atoms with E-state index in [4.69, 9.17) is 27.9 Å². The van der Waals surface area contributed by atoms with Gasteiger partial charge in [-0.1, -0.05) is 53.5 Å². The first-order valence-corrected chi connectivity index (χ1v) is 8.92. The maximum absolute atomic E-state index is 12.1. The highest BCUT2D eigenvalue weighted by molar-refractivity contribution is 6.36. The third kappa shape index (κ3) is 5.58. The molecule has 27 heavy (non-hydrogen) atoms. The van der Waals surface area contributed by atoms with E-state index < -0.39 is 5.91 Å². The topological polar surface area (TPSA) is 50.7 Å². The molecule has 6 heteroatoms. The predicted molar refractivity (Wildman–Crippen MR) is 109 cm³/mol. The fourth-order valence-electron chi connectivity index (χ4n) is 2.29. The summed E-state index contributed by atoms with van der Waals surface area (Å²) in [5.41, 5.74) is 4.68. The van der Waals surface area contributed by atoms with Crippen LogP contribution in [0.15, 0.2) is 77.9 Å². The molecule has 3 aromatic rings. The zero-order valence-corrected chi connectivity index (χ0v) is 15.7. The molecule has 0 saturated carbocycles. The SMILES string of the molecule is O=C(NN=Cc1ccc(OCc2ccccc2)cc1)c1ccc(Cl)cc1Cl. The minimum atomic E-state index is -0.407. The molecule has 0 saturated heterocycles. The van der Waals surface area contributed by atoms with Gasteiger partial charge in [0.1, 0.15) is 12.4 Å². The van der Waals surface area contributed by atoms with E-state index in [0.29, 0.717) is 17.2 Å². The standard InChI is InChI=1S/C21H16Cl2N2O2/c22-17-8-11-19(20(23)12-17)21(26)25-24-13-15-6-9-18(10-7-15)27-14-16-4-2-1-3-5-16/h1-13H,14H2,(H,25,26). The lowest BCUT2D eigenvalue weighted by Gasteiger charge is -2.06. The second kappa shape index (κ2) is 9.21. The van der Waals surface area contributed by atoms with Gasteiger partial charge in [-0.15, -0.1) is 0 Å². The Hall–Kier alpha value is -2.82. The summed E-state index contributed by atoms with van der Waals surface area (Å²) >= 11 is 11.8. The number of rotatable bonds is 6. The van der Waals surface area contributed by atoms with Gasteiger partial charge in [0.25, 0.3) is 5.91 Å². The Morgan fingerprint density at radius 1 is 1.00 bits per heavy atom. The Morgan fingerprint density at radius 3 is 2.44 bits per heavy atom. The first kappa shape index (κ1) is 19.0. The number of carbonyl (C=O) groups is 1. The number of nitrogens with zero attached hydrogens (tertiary/aromatic N) is 1. The molecule has 0 aromatic heterocycles. The third-order valence-corrected chi connectivity index (χ3v) is 4.23. The Bertz CT molecular complexity index is 942. The maximum atomic E-state index is 12.1. The van der Waals surface area contributed by atoms with E-state index in [1.165, 1.54) is 6.07 Å². The van der Waals surface area contributed by atoms with Gasteiger partial charge < -0.3 is 4.74 Å². The van der Waals surface area contributed by atoms with Crippen molar-refractivity contribution in [3.05, 3.63) is 99.5 Å². The second-order valence-electron chi connectivity index (χ2n) is 5.67. The Kier molecular flexibility index (Phi) is 6.47. The van der Waals surface area contributed by atoms with Crippen molar-refractivity contribution >= 4 is 35.3 Å². The molecule has 1 N–H and O–H groups in total. The summed E-state index contributed by atoms with van der Waals surface area (Å²) in [6.07, 6.45) is 1.54. The summed E-state index contributed by atoms with van der Waals surface area (Å²) in [6, 6.07) is 22.0. The molecule has 0 aliphatic carbocycles. The van der Waals surface area contributed by atoms with Crippen LogP contribution in [0, 0.1) is 0 Å². The molecule has 1 amide bonds. The quantitative estimate of drug-likeness (QED) is 0.450. The highest BCUT2D eigenvalue weighted by Crippen LogP contribution is 2.20. The van der Waals surface area contributed by atoms with Gasteiger partial charge in [-0.3, -0.25) is 4.79 Å². The summed E-state index contributed by atoms with van der Waals surface area (Å²) in [5, 5.41) is 4.69. The summed E-state index contributed by atoms with van der Waals surface area (Å²) in [6.45, 7) is 0.506. The van der Waals surface area contributed by atoms with Crippen LogP contribution in [0.3, 0.4) is 0 Å². The van der Waals surface area contributed by atoms with Crippen LogP contribution in [0.4, 0.5) is 0 Å². The minimum Gasteiger partial charge on any atom is -0.489 e. The summed E-state index contributed by atoms with van der Waals surface area (Å²) in [5.74, 6) is 0.351. The van der Waals surface area contributed by atoms with Gasteiger partial charge >= 0.3 is 0 Å². The number of carbonyl (C=O) groups excluding carboxylic acids is 1. The lowest BCUT2D eigenvalue weighted by molar-refractivity contribution is 0.0955. The molecule has 136 valence electrons. The average molecular weight is 399 g/mol. The van der Waals surface area contributed by atoms with Crippen molar-refractivity contribution in [3.8, 4) is 5.75 Å². The van der Waals surface area contributed by atoms with Gasteiger partial charge in [0.15, 0.2) is 0 Å². The van der Waals surface area contributed by atoms with Gasteiger partial charge in [-0.2, -0.15) is 5.10 Å². The first-order valence-electron chi connectivity index (χ1n) is 8.17. The molecule has 0 radical (unpaired) electrons. The van der Waals surface area contributed by atoms with Crippen LogP contribution in [0.5, 0.6) is 5.75 Å². The Balaban J connectivity index is 1.53. The molecule has 0 unspecified atom stereocenters. The van der Waals surface area contributed by atoms with Crippen LogP contribution in [-0.2, 0) is 6.61 Å². The molecule has 3 rings (SSSR count). The number of amides is 1. The average Bonchev–Trinajstić information content (AvgIpc) is 2.68. The number of ether oxygens (including phenoxy) is 1. The molecule has 4 nitrogen and oxygen atoms in total. The number of benzene rings is 3. The number of hydrazone groups is 1. The molecule has 0 spiro atoms. The van der Waals surface area contributed by atoms with Crippen LogP contribution < -0.4 is 10.2 Å². The van der Waals surface area contributed by atoms with E-state index in [-0.39, 0.29) is 5.02 Å². The second-order valence-corrected chi connectivity index (χ2v) is 6.51. The van der Waals surface area contributed by atoms with Crippen LogP contribution in [-0.4, -0.2) is 12.1 Å². The molecule has 0 atom stereocenters. The summed E-state index contributed by atoms with van der Waals surface area (Å²) < 4.78 is 5.73. The third-order valence-electron chi connectivity index (χ3n) is 3.68. The van der Waals surface area contributed by atoms with Crippen LogP contribution in [0.25, 0.3) is 0 Å². The van der Waals surface area contributed by atoms with Crippen LogP contribution in [0.1, 0.15) is 21.5 Å². The number of hydrogen-bond acceptors (Lipinski definition) is 3. The molecular formula is C21H16Cl2N2O2. The lowest BCUT2D eigenvalue weighted by Crippen LogP contribution is -2.18. The molecular weight excluding hydrogens is 383 g/mol. The highest BCUT2D eigenvalue weighted by atomic mass is 35.5. The molecule has 0 heterocycles. The van der Waals surface area contributed by atoms with Crippen LogP contribution in [0.2, 0.25) is 10.0 Å².